The van der Waals surface area contributed by atoms with Crippen LogP contribution in [0.4, 0.5) is 10.2 Å². The van der Waals surface area contributed by atoms with E-state index in [0.717, 1.165) is 6.20 Å². The van der Waals surface area contributed by atoms with Crippen LogP contribution in [0.25, 0.3) is 22.4 Å². The molecule has 0 unspecified atom stereocenters. The number of carbonyl (C=O) groups is 2. The smallest absolute Gasteiger partial charge is 0.305 e. The maximum atomic E-state index is 14.1. The Hall–Kier alpha value is -3.27. The third-order valence-electron chi connectivity index (χ3n) is 3.87. The Kier molecular flexibility index (Phi) is 5.69. The quantitative estimate of drug-likeness (QED) is 0.466. The minimum Gasteiger partial charge on any atom is -0.481 e. The molecule has 1 atom stereocenters. The van der Waals surface area contributed by atoms with E-state index in [9.17, 15) is 14.0 Å². The maximum Gasteiger partial charge on any atom is 0.305 e. The number of carboxylic acids is 1. The van der Waals surface area contributed by atoms with Crippen LogP contribution in [0, 0.1) is 5.82 Å². The molecule has 0 aliphatic carbocycles. The van der Waals surface area contributed by atoms with Crippen molar-refractivity contribution in [2.75, 3.05) is 11.9 Å². The molecular weight excluding hydrogens is 391 g/mol. The first-order chi connectivity index (χ1) is 13.3. The Balaban J connectivity index is 0. The highest BCUT2D eigenvalue weighted by Crippen LogP contribution is 2.28. The lowest BCUT2D eigenvalue weighted by Gasteiger charge is -2.15. The summed E-state index contributed by atoms with van der Waals surface area (Å²) in [5, 5.41) is 14.8. The first kappa shape index (κ1) is 19.5. The molecule has 0 saturated heterocycles. The highest BCUT2D eigenvalue weighted by atomic mass is 35.5. The highest BCUT2D eigenvalue weighted by molar-refractivity contribution is 6.31. The standard InChI is InChI=1S/C17H16ClFN6O3.4H2/c1-8(17(28)20-3-2-13(26)27)24-16-12(19)7-23-15(25-16)11-6-22-14-10(11)4-9(18)5-21-14;;;;/h4-8H,2-3H2,1H3,(H,20,28)(H,21,22)(H,26,27)(H,23,24,25);4*1H/t8-;;;;/m0..../s1. The zero-order valence-corrected chi connectivity index (χ0v) is 15.4. The largest absolute Gasteiger partial charge is 0.481 e. The van der Waals surface area contributed by atoms with Crippen LogP contribution in [-0.4, -0.2) is 49.5 Å². The summed E-state index contributed by atoms with van der Waals surface area (Å²) in [6.07, 6.45) is 3.92. The van der Waals surface area contributed by atoms with E-state index < -0.39 is 23.7 Å². The van der Waals surface area contributed by atoms with E-state index in [2.05, 4.69) is 30.6 Å². The topological polar surface area (TPSA) is 133 Å². The first-order valence-corrected chi connectivity index (χ1v) is 8.64. The average Bonchev–Trinajstić information content (AvgIpc) is 3.06. The number of H-pyrrole nitrogens is 1. The molecule has 3 rings (SSSR count). The number of rotatable bonds is 7. The summed E-state index contributed by atoms with van der Waals surface area (Å²) < 4.78 is 14.1. The number of aliphatic carboxylic acids is 1. The molecule has 0 saturated carbocycles. The first-order valence-electron chi connectivity index (χ1n) is 8.26. The van der Waals surface area contributed by atoms with Crippen molar-refractivity contribution in [1.82, 2.24) is 25.3 Å². The Bertz CT molecular complexity index is 1060. The minimum atomic E-state index is -1.03. The number of pyridine rings is 1. The number of aromatic nitrogens is 4. The van der Waals surface area contributed by atoms with Gasteiger partial charge in [-0.15, -0.1) is 0 Å². The van der Waals surface area contributed by atoms with Gasteiger partial charge in [0.2, 0.25) is 5.91 Å². The summed E-state index contributed by atoms with van der Waals surface area (Å²) in [6, 6.07) is 0.846. The van der Waals surface area contributed by atoms with Crippen LogP contribution in [-0.2, 0) is 9.59 Å². The summed E-state index contributed by atoms with van der Waals surface area (Å²) in [5.41, 5.74) is 1.15. The molecule has 0 aliphatic heterocycles. The number of hydrogen-bond donors (Lipinski definition) is 4. The van der Waals surface area contributed by atoms with Gasteiger partial charge in [-0.2, -0.15) is 0 Å². The van der Waals surface area contributed by atoms with E-state index in [4.69, 9.17) is 16.7 Å². The molecule has 11 heteroatoms. The van der Waals surface area contributed by atoms with Crippen molar-refractivity contribution >= 4 is 40.3 Å². The van der Waals surface area contributed by atoms with Gasteiger partial charge in [0.05, 0.1) is 17.6 Å². The van der Waals surface area contributed by atoms with Crippen LogP contribution in [0.2, 0.25) is 5.02 Å². The predicted molar refractivity (Wildman–Crippen MR) is 109 cm³/mol. The Labute approximate surface area is 169 Å². The molecule has 28 heavy (non-hydrogen) atoms. The molecular formula is C17H24ClFN6O3. The summed E-state index contributed by atoms with van der Waals surface area (Å²) >= 11 is 5.99. The van der Waals surface area contributed by atoms with Gasteiger partial charge in [0.15, 0.2) is 17.5 Å². The van der Waals surface area contributed by atoms with Gasteiger partial charge in [0, 0.05) is 35.6 Å². The summed E-state index contributed by atoms with van der Waals surface area (Å²) in [7, 11) is 0. The fourth-order valence-electron chi connectivity index (χ4n) is 2.48. The monoisotopic (exact) mass is 414 g/mol. The van der Waals surface area contributed by atoms with Gasteiger partial charge >= 0.3 is 5.97 Å². The van der Waals surface area contributed by atoms with Crippen molar-refractivity contribution < 1.29 is 24.8 Å². The van der Waals surface area contributed by atoms with Crippen LogP contribution in [0.1, 0.15) is 19.1 Å². The minimum absolute atomic E-state index is 0. The number of hydrogen-bond acceptors (Lipinski definition) is 6. The Morgan fingerprint density at radius 2 is 2.18 bits per heavy atom. The lowest BCUT2D eigenvalue weighted by Crippen LogP contribution is -2.38. The molecule has 3 aromatic rings. The maximum absolute atomic E-state index is 14.1. The number of anilines is 1. The van der Waals surface area contributed by atoms with Crippen LogP contribution in [0.15, 0.2) is 24.7 Å². The highest BCUT2D eigenvalue weighted by Gasteiger charge is 2.18. The zero-order valence-electron chi connectivity index (χ0n) is 14.7. The van der Waals surface area contributed by atoms with Gasteiger partial charge < -0.3 is 20.7 Å². The van der Waals surface area contributed by atoms with E-state index in [-0.39, 0.29) is 30.3 Å². The van der Waals surface area contributed by atoms with Gasteiger partial charge in [-0.05, 0) is 13.0 Å². The number of carbonyl (C=O) groups excluding carboxylic acids is 1. The number of amides is 1. The van der Waals surface area contributed by atoms with Crippen molar-refractivity contribution in [3.8, 4) is 11.4 Å². The number of nitrogens with zero attached hydrogens (tertiary/aromatic N) is 3. The average molecular weight is 415 g/mol. The summed E-state index contributed by atoms with van der Waals surface area (Å²) in [5.74, 6) is -2.18. The van der Waals surface area contributed by atoms with E-state index in [1.807, 2.05) is 0 Å². The number of halogens is 2. The van der Waals surface area contributed by atoms with Gasteiger partial charge in [0.25, 0.3) is 0 Å². The molecule has 3 heterocycles. The lowest BCUT2D eigenvalue weighted by molar-refractivity contribution is -0.136. The van der Waals surface area contributed by atoms with Gasteiger partial charge in [-0.25, -0.2) is 19.3 Å². The fourth-order valence-corrected chi connectivity index (χ4v) is 2.64. The molecule has 0 radical (unpaired) electrons. The van der Waals surface area contributed by atoms with Crippen molar-refractivity contribution in [1.29, 1.82) is 0 Å². The number of aromatic amines is 1. The van der Waals surface area contributed by atoms with Crippen molar-refractivity contribution in [3.05, 3.63) is 35.5 Å². The van der Waals surface area contributed by atoms with E-state index in [1.54, 1.807) is 12.3 Å². The van der Waals surface area contributed by atoms with Crippen LogP contribution in [0.5, 0.6) is 0 Å². The molecule has 0 aromatic carbocycles. The molecule has 1 amide bonds. The third-order valence-corrected chi connectivity index (χ3v) is 4.07. The second kappa shape index (κ2) is 8.17. The van der Waals surface area contributed by atoms with Crippen LogP contribution >= 0.6 is 11.6 Å². The Morgan fingerprint density at radius 1 is 1.39 bits per heavy atom. The lowest BCUT2D eigenvalue weighted by atomic mass is 10.2. The summed E-state index contributed by atoms with van der Waals surface area (Å²) in [4.78, 5) is 37.8. The van der Waals surface area contributed by atoms with Crippen molar-refractivity contribution in [2.24, 2.45) is 0 Å². The van der Waals surface area contributed by atoms with Crippen molar-refractivity contribution in [3.63, 3.8) is 0 Å². The van der Waals surface area contributed by atoms with Gasteiger partial charge in [-0.1, -0.05) is 11.6 Å². The second-order valence-corrected chi connectivity index (χ2v) is 6.38. The normalized spacial score (nSPS) is 12.0. The number of nitrogens with one attached hydrogen (secondary N) is 3. The van der Waals surface area contributed by atoms with E-state index >= 15 is 0 Å². The SMILES string of the molecule is C[C@H](Nc1nc(-c2c[nH]c3ncc(Cl)cc23)ncc1F)C(=O)NCCC(=O)O.[HH].[HH].[HH].[HH]. The Morgan fingerprint density at radius 3 is 2.93 bits per heavy atom. The molecule has 0 spiro atoms. The van der Waals surface area contributed by atoms with Crippen LogP contribution in [0.3, 0.4) is 0 Å². The molecule has 4 N–H and O–H groups in total. The number of carboxylic acid groups (broad SMARTS) is 1. The van der Waals surface area contributed by atoms with Crippen LogP contribution < -0.4 is 10.6 Å². The second-order valence-electron chi connectivity index (χ2n) is 5.94. The zero-order chi connectivity index (χ0) is 20.3. The van der Waals surface area contributed by atoms with Gasteiger partial charge in [0.1, 0.15) is 11.7 Å². The van der Waals surface area contributed by atoms with Gasteiger partial charge in [-0.3, -0.25) is 9.59 Å². The number of fused-ring (bicyclic) bond motifs is 1. The predicted octanol–water partition coefficient (Wildman–Crippen LogP) is 3.19. The van der Waals surface area contributed by atoms with E-state index in [0.29, 0.717) is 21.6 Å². The molecule has 3 aromatic heterocycles. The van der Waals surface area contributed by atoms with E-state index in [1.165, 1.54) is 13.1 Å². The molecule has 154 valence electrons. The fraction of sp³-hybridized carbons (Fsp3) is 0.235. The van der Waals surface area contributed by atoms with Crippen molar-refractivity contribution in [2.45, 2.75) is 19.4 Å². The molecule has 0 bridgehead atoms. The summed E-state index contributed by atoms with van der Waals surface area (Å²) in [6.45, 7) is 1.48. The third kappa shape index (κ3) is 4.34. The molecule has 9 nitrogen and oxygen atoms in total. The molecule has 0 aliphatic rings. The molecule has 0 fully saturated rings.